The van der Waals surface area contributed by atoms with Crippen LogP contribution in [0, 0.1) is 6.92 Å². The van der Waals surface area contributed by atoms with Gasteiger partial charge in [-0.2, -0.15) is 0 Å². The fourth-order valence-electron chi connectivity index (χ4n) is 2.96. The molecule has 2 N–H and O–H groups in total. The van der Waals surface area contributed by atoms with Crippen LogP contribution >= 0.6 is 0 Å². The lowest BCUT2D eigenvalue weighted by atomic mass is 9.92. The minimum Gasteiger partial charge on any atom is -0.378 e. The number of ether oxygens (including phenoxy) is 1. The first kappa shape index (κ1) is 13.4. The Kier molecular flexibility index (Phi) is 3.66. The van der Waals surface area contributed by atoms with Gasteiger partial charge in [-0.1, -0.05) is 24.3 Å². The fraction of sp³-hybridized carbons (Fsp3) is 0.562. The Balaban J connectivity index is 1.69. The summed E-state index contributed by atoms with van der Waals surface area (Å²) in [6.07, 6.45) is 2.44. The van der Waals surface area contributed by atoms with E-state index in [4.69, 9.17) is 10.5 Å². The third kappa shape index (κ3) is 2.66. The Morgan fingerprint density at radius 1 is 1.30 bits per heavy atom. The zero-order valence-corrected chi connectivity index (χ0v) is 12.1. The van der Waals surface area contributed by atoms with Crippen LogP contribution in [0.15, 0.2) is 29.3 Å². The quantitative estimate of drug-likeness (QED) is 0.673. The molecule has 1 aromatic carbocycles. The van der Waals surface area contributed by atoms with Gasteiger partial charge >= 0.3 is 0 Å². The first-order chi connectivity index (χ1) is 9.71. The van der Waals surface area contributed by atoms with Crippen LogP contribution in [0.3, 0.4) is 0 Å². The van der Waals surface area contributed by atoms with Gasteiger partial charge in [-0.15, -0.1) is 0 Å². The third-order valence-electron chi connectivity index (χ3n) is 4.45. The van der Waals surface area contributed by atoms with Gasteiger partial charge in [0, 0.05) is 18.5 Å². The monoisotopic (exact) mass is 273 g/mol. The average molecular weight is 273 g/mol. The number of nitrogens with two attached hydrogens (primary N) is 1. The number of benzene rings is 1. The van der Waals surface area contributed by atoms with E-state index in [0.717, 1.165) is 32.8 Å². The molecule has 0 bridgehead atoms. The van der Waals surface area contributed by atoms with Crippen molar-refractivity contribution in [3.63, 3.8) is 0 Å². The minimum atomic E-state index is 0.238. The van der Waals surface area contributed by atoms with Crippen molar-refractivity contribution in [1.82, 2.24) is 4.90 Å². The number of aliphatic imine (C=N–C) groups is 1. The standard InChI is InChI=1S/C16H23N3O/c1-13-4-2-3-5-14(13)16(6-7-16)12-18-15(17)19-8-10-20-11-9-19/h2-5H,6-12H2,1H3,(H2,17,18). The molecular formula is C16H23N3O. The van der Waals surface area contributed by atoms with Crippen molar-refractivity contribution in [1.29, 1.82) is 0 Å². The maximum Gasteiger partial charge on any atom is 0.191 e. The first-order valence-electron chi connectivity index (χ1n) is 7.40. The fourth-order valence-corrected chi connectivity index (χ4v) is 2.96. The summed E-state index contributed by atoms with van der Waals surface area (Å²) in [6.45, 7) is 6.20. The van der Waals surface area contributed by atoms with Gasteiger partial charge in [0.1, 0.15) is 0 Å². The van der Waals surface area contributed by atoms with Crippen LogP contribution in [0.25, 0.3) is 0 Å². The molecule has 0 spiro atoms. The van der Waals surface area contributed by atoms with E-state index in [1.807, 2.05) is 0 Å². The summed E-state index contributed by atoms with van der Waals surface area (Å²) >= 11 is 0. The van der Waals surface area contributed by atoms with E-state index in [1.54, 1.807) is 0 Å². The zero-order valence-electron chi connectivity index (χ0n) is 12.1. The Hall–Kier alpha value is -1.55. The summed E-state index contributed by atoms with van der Waals surface area (Å²) in [5, 5.41) is 0. The molecule has 0 amide bonds. The van der Waals surface area contributed by atoms with Gasteiger partial charge in [0.15, 0.2) is 5.96 Å². The lowest BCUT2D eigenvalue weighted by Gasteiger charge is -2.28. The normalized spacial score (nSPS) is 21.9. The summed E-state index contributed by atoms with van der Waals surface area (Å²) in [4.78, 5) is 6.79. The van der Waals surface area contributed by atoms with Crippen molar-refractivity contribution in [3.05, 3.63) is 35.4 Å². The van der Waals surface area contributed by atoms with Gasteiger partial charge in [0.2, 0.25) is 0 Å². The second-order valence-electron chi connectivity index (χ2n) is 5.87. The molecule has 0 atom stereocenters. The summed E-state index contributed by atoms with van der Waals surface area (Å²) in [7, 11) is 0. The summed E-state index contributed by atoms with van der Waals surface area (Å²) in [5.74, 6) is 0.674. The Labute approximate surface area is 120 Å². The second-order valence-corrected chi connectivity index (χ2v) is 5.87. The molecule has 1 saturated heterocycles. The summed E-state index contributed by atoms with van der Waals surface area (Å²) < 4.78 is 5.34. The SMILES string of the molecule is Cc1ccccc1C1(CN=C(N)N2CCOCC2)CC1. The number of hydrogen-bond acceptors (Lipinski definition) is 2. The summed E-state index contributed by atoms with van der Waals surface area (Å²) in [5.41, 5.74) is 9.17. The van der Waals surface area contributed by atoms with Crippen LogP contribution < -0.4 is 5.73 Å². The largest absolute Gasteiger partial charge is 0.378 e. The van der Waals surface area contributed by atoms with E-state index >= 15 is 0 Å². The van der Waals surface area contributed by atoms with Crippen LogP contribution in [-0.2, 0) is 10.2 Å². The van der Waals surface area contributed by atoms with Gasteiger partial charge in [-0.05, 0) is 30.9 Å². The predicted molar refractivity (Wildman–Crippen MR) is 81.0 cm³/mol. The molecule has 4 nitrogen and oxygen atoms in total. The number of hydrogen-bond donors (Lipinski definition) is 1. The molecule has 0 radical (unpaired) electrons. The third-order valence-corrected chi connectivity index (χ3v) is 4.45. The van der Waals surface area contributed by atoms with Crippen molar-refractivity contribution < 1.29 is 4.74 Å². The summed E-state index contributed by atoms with van der Waals surface area (Å²) in [6, 6.07) is 8.64. The zero-order chi connectivity index (χ0) is 14.0. The molecule has 3 rings (SSSR count). The number of rotatable bonds is 3. The molecule has 2 aliphatic rings. The van der Waals surface area contributed by atoms with Crippen LogP contribution in [0.4, 0.5) is 0 Å². The van der Waals surface area contributed by atoms with E-state index < -0.39 is 0 Å². The molecule has 1 heterocycles. The van der Waals surface area contributed by atoms with E-state index in [2.05, 4.69) is 41.1 Å². The number of aryl methyl sites for hydroxylation is 1. The first-order valence-corrected chi connectivity index (χ1v) is 7.40. The number of guanidine groups is 1. The molecule has 0 unspecified atom stereocenters. The highest BCUT2D eigenvalue weighted by Crippen LogP contribution is 2.49. The molecule has 1 aliphatic carbocycles. The van der Waals surface area contributed by atoms with E-state index in [1.165, 1.54) is 24.0 Å². The smallest absolute Gasteiger partial charge is 0.191 e. The van der Waals surface area contributed by atoms with Crippen molar-refractivity contribution in [3.8, 4) is 0 Å². The van der Waals surface area contributed by atoms with Gasteiger partial charge in [-0.3, -0.25) is 4.99 Å². The second kappa shape index (κ2) is 5.44. The molecule has 2 fully saturated rings. The molecule has 4 heteroatoms. The number of nitrogens with zero attached hydrogens (tertiary/aromatic N) is 2. The van der Waals surface area contributed by atoms with Gasteiger partial charge in [0.05, 0.1) is 19.8 Å². The van der Waals surface area contributed by atoms with E-state index in [9.17, 15) is 0 Å². The molecule has 1 aliphatic heterocycles. The van der Waals surface area contributed by atoms with Crippen LogP contribution in [0.2, 0.25) is 0 Å². The molecule has 1 aromatic rings. The van der Waals surface area contributed by atoms with Crippen molar-refractivity contribution >= 4 is 5.96 Å². The lowest BCUT2D eigenvalue weighted by molar-refractivity contribution is 0.0674. The Bertz CT molecular complexity index is 502. The molecule has 0 aromatic heterocycles. The maximum atomic E-state index is 6.12. The van der Waals surface area contributed by atoms with Crippen molar-refractivity contribution in [2.75, 3.05) is 32.8 Å². The Morgan fingerprint density at radius 2 is 2.00 bits per heavy atom. The average Bonchev–Trinajstić information content (AvgIpc) is 3.27. The van der Waals surface area contributed by atoms with E-state index in [0.29, 0.717) is 5.96 Å². The highest BCUT2D eigenvalue weighted by atomic mass is 16.5. The lowest BCUT2D eigenvalue weighted by Crippen LogP contribution is -2.45. The van der Waals surface area contributed by atoms with Gasteiger partial charge < -0.3 is 15.4 Å². The van der Waals surface area contributed by atoms with Crippen molar-refractivity contribution in [2.24, 2.45) is 10.7 Å². The van der Waals surface area contributed by atoms with Gasteiger partial charge in [-0.25, -0.2) is 0 Å². The van der Waals surface area contributed by atoms with Crippen molar-refractivity contribution in [2.45, 2.75) is 25.2 Å². The number of morpholine rings is 1. The van der Waals surface area contributed by atoms with Crippen LogP contribution in [0.1, 0.15) is 24.0 Å². The van der Waals surface area contributed by atoms with Gasteiger partial charge in [0.25, 0.3) is 0 Å². The topological polar surface area (TPSA) is 50.8 Å². The Morgan fingerprint density at radius 3 is 2.65 bits per heavy atom. The molecular weight excluding hydrogens is 250 g/mol. The molecule has 20 heavy (non-hydrogen) atoms. The highest BCUT2D eigenvalue weighted by molar-refractivity contribution is 5.78. The molecule has 108 valence electrons. The van der Waals surface area contributed by atoms with E-state index in [-0.39, 0.29) is 5.41 Å². The molecule has 1 saturated carbocycles. The highest BCUT2D eigenvalue weighted by Gasteiger charge is 2.44. The van der Waals surface area contributed by atoms with Crippen LogP contribution in [-0.4, -0.2) is 43.7 Å². The predicted octanol–water partition coefficient (Wildman–Crippen LogP) is 1.67. The van der Waals surface area contributed by atoms with Crippen LogP contribution in [0.5, 0.6) is 0 Å². The maximum absolute atomic E-state index is 6.12. The minimum absolute atomic E-state index is 0.238.